The van der Waals surface area contributed by atoms with Crippen LogP contribution in [0.15, 0.2) is 18.2 Å². The second-order valence-electron chi connectivity index (χ2n) is 5.61. The van der Waals surface area contributed by atoms with Crippen LogP contribution in [0.1, 0.15) is 37.7 Å². The van der Waals surface area contributed by atoms with Gasteiger partial charge in [0.25, 0.3) is 0 Å². The maximum atomic E-state index is 12.1. The van der Waals surface area contributed by atoms with E-state index in [9.17, 15) is 4.79 Å². The predicted molar refractivity (Wildman–Crippen MR) is 83.7 cm³/mol. The van der Waals surface area contributed by atoms with Crippen molar-refractivity contribution in [3.63, 3.8) is 0 Å². The summed E-state index contributed by atoms with van der Waals surface area (Å²) in [4.78, 5) is 14.4. The van der Waals surface area contributed by atoms with Crippen molar-refractivity contribution in [2.24, 2.45) is 0 Å². The molecule has 0 unspecified atom stereocenters. The van der Waals surface area contributed by atoms with Gasteiger partial charge < -0.3 is 11.1 Å². The van der Waals surface area contributed by atoms with Crippen LogP contribution in [0.3, 0.4) is 0 Å². The summed E-state index contributed by atoms with van der Waals surface area (Å²) < 4.78 is 0. The fourth-order valence-corrected chi connectivity index (χ4v) is 2.65. The lowest BCUT2D eigenvalue weighted by Gasteiger charge is -2.24. The number of anilines is 2. The average molecular weight is 275 g/mol. The summed E-state index contributed by atoms with van der Waals surface area (Å²) in [6.45, 7) is 4.47. The molecule has 0 atom stereocenters. The standard InChI is InChI=1S/C16H25N3O/c1-13-14(17)8-7-9-15(13)18-16(20)12-19-10-5-3-2-4-6-11-19/h7-9H,2-6,10-12,17H2,1H3,(H,18,20). The van der Waals surface area contributed by atoms with Crippen LogP contribution in [0.4, 0.5) is 11.4 Å². The molecule has 0 saturated carbocycles. The Hall–Kier alpha value is -1.55. The molecule has 0 aliphatic carbocycles. The molecule has 0 bridgehead atoms. The van der Waals surface area contributed by atoms with Gasteiger partial charge in [0, 0.05) is 11.4 Å². The lowest BCUT2D eigenvalue weighted by Crippen LogP contribution is -2.35. The highest BCUT2D eigenvalue weighted by Gasteiger charge is 2.13. The molecule has 1 aromatic carbocycles. The zero-order chi connectivity index (χ0) is 14.4. The molecule has 1 aliphatic rings. The van der Waals surface area contributed by atoms with E-state index in [0.29, 0.717) is 12.2 Å². The molecule has 3 N–H and O–H groups in total. The van der Waals surface area contributed by atoms with Crippen LogP contribution in [0, 0.1) is 6.92 Å². The van der Waals surface area contributed by atoms with Crippen LogP contribution in [-0.4, -0.2) is 30.4 Å². The highest BCUT2D eigenvalue weighted by Crippen LogP contribution is 2.20. The number of benzene rings is 1. The fraction of sp³-hybridized carbons (Fsp3) is 0.562. The Bertz CT molecular complexity index is 451. The molecule has 110 valence electrons. The van der Waals surface area contributed by atoms with Gasteiger partial charge in [-0.15, -0.1) is 0 Å². The van der Waals surface area contributed by atoms with E-state index < -0.39 is 0 Å². The molecule has 0 radical (unpaired) electrons. The first-order chi connectivity index (χ1) is 9.66. The number of nitrogens with two attached hydrogens (primary N) is 1. The lowest BCUT2D eigenvalue weighted by atomic mass is 10.1. The first-order valence-electron chi connectivity index (χ1n) is 7.54. The number of hydrogen-bond donors (Lipinski definition) is 2. The highest BCUT2D eigenvalue weighted by atomic mass is 16.2. The molecular weight excluding hydrogens is 250 g/mol. The first-order valence-corrected chi connectivity index (χ1v) is 7.54. The molecular formula is C16H25N3O. The number of amides is 1. The third-order valence-corrected chi connectivity index (χ3v) is 3.97. The Labute approximate surface area is 121 Å². The van der Waals surface area contributed by atoms with Crippen LogP contribution in [-0.2, 0) is 4.79 Å². The van der Waals surface area contributed by atoms with Crippen molar-refractivity contribution in [1.29, 1.82) is 0 Å². The van der Waals surface area contributed by atoms with E-state index in [1.807, 2.05) is 25.1 Å². The summed E-state index contributed by atoms with van der Waals surface area (Å²) in [7, 11) is 0. The van der Waals surface area contributed by atoms with Gasteiger partial charge in [0.1, 0.15) is 0 Å². The summed E-state index contributed by atoms with van der Waals surface area (Å²) in [6.07, 6.45) is 6.30. The van der Waals surface area contributed by atoms with Gasteiger partial charge in [-0.05, 0) is 50.6 Å². The Morgan fingerprint density at radius 2 is 1.85 bits per heavy atom. The van der Waals surface area contributed by atoms with E-state index in [-0.39, 0.29) is 5.91 Å². The van der Waals surface area contributed by atoms with Crippen molar-refractivity contribution in [2.45, 2.75) is 39.0 Å². The van der Waals surface area contributed by atoms with E-state index in [2.05, 4.69) is 10.2 Å². The van der Waals surface area contributed by atoms with Gasteiger partial charge in [-0.25, -0.2) is 0 Å². The van der Waals surface area contributed by atoms with E-state index >= 15 is 0 Å². The van der Waals surface area contributed by atoms with Gasteiger partial charge in [0.15, 0.2) is 0 Å². The van der Waals surface area contributed by atoms with Gasteiger partial charge in [0.2, 0.25) is 5.91 Å². The van der Waals surface area contributed by atoms with E-state index in [1.165, 1.54) is 32.1 Å². The monoisotopic (exact) mass is 275 g/mol. The number of carbonyl (C=O) groups is 1. The lowest BCUT2D eigenvalue weighted by molar-refractivity contribution is -0.117. The second kappa shape index (κ2) is 7.29. The van der Waals surface area contributed by atoms with E-state index in [0.717, 1.165) is 24.3 Å². The normalized spacial score (nSPS) is 17.2. The molecule has 0 spiro atoms. The SMILES string of the molecule is Cc1c(N)cccc1NC(=O)CN1CCCCCCC1. The molecule has 1 saturated heterocycles. The summed E-state index contributed by atoms with van der Waals surface area (Å²) in [5.41, 5.74) is 8.33. The molecule has 20 heavy (non-hydrogen) atoms. The van der Waals surface area contributed by atoms with Crippen LogP contribution in [0.25, 0.3) is 0 Å². The van der Waals surface area contributed by atoms with Gasteiger partial charge in [-0.3, -0.25) is 9.69 Å². The van der Waals surface area contributed by atoms with Crippen molar-refractivity contribution in [3.05, 3.63) is 23.8 Å². The topological polar surface area (TPSA) is 58.4 Å². The van der Waals surface area contributed by atoms with Crippen molar-refractivity contribution in [3.8, 4) is 0 Å². The van der Waals surface area contributed by atoms with Crippen LogP contribution >= 0.6 is 0 Å². The van der Waals surface area contributed by atoms with Gasteiger partial charge in [-0.1, -0.05) is 25.3 Å². The third kappa shape index (κ3) is 4.23. The van der Waals surface area contributed by atoms with Crippen molar-refractivity contribution < 1.29 is 4.79 Å². The number of carbonyl (C=O) groups excluding carboxylic acids is 1. The van der Waals surface area contributed by atoms with E-state index in [4.69, 9.17) is 5.73 Å². The van der Waals surface area contributed by atoms with Gasteiger partial charge in [0.05, 0.1) is 6.54 Å². The Balaban J connectivity index is 1.89. The maximum absolute atomic E-state index is 12.1. The van der Waals surface area contributed by atoms with Crippen LogP contribution in [0.5, 0.6) is 0 Å². The predicted octanol–water partition coefficient (Wildman–Crippen LogP) is 2.78. The number of rotatable bonds is 3. The summed E-state index contributed by atoms with van der Waals surface area (Å²) in [6, 6.07) is 5.62. The Morgan fingerprint density at radius 3 is 2.55 bits per heavy atom. The van der Waals surface area contributed by atoms with Crippen LogP contribution in [0.2, 0.25) is 0 Å². The maximum Gasteiger partial charge on any atom is 0.238 e. The smallest absolute Gasteiger partial charge is 0.238 e. The molecule has 1 amide bonds. The average Bonchev–Trinajstić information content (AvgIpc) is 2.38. The van der Waals surface area contributed by atoms with Crippen molar-refractivity contribution in [2.75, 3.05) is 30.7 Å². The zero-order valence-electron chi connectivity index (χ0n) is 12.3. The van der Waals surface area contributed by atoms with Crippen molar-refractivity contribution >= 4 is 17.3 Å². The second-order valence-corrected chi connectivity index (χ2v) is 5.61. The molecule has 1 aromatic rings. The minimum atomic E-state index is 0.0549. The highest BCUT2D eigenvalue weighted by molar-refractivity contribution is 5.93. The van der Waals surface area contributed by atoms with Gasteiger partial charge >= 0.3 is 0 Å². The number of nitrogens with one attached hydrogen (secondary N) is 1. The summed E-state index contributed by atoms with van der Waals surface area (Å²) >= 11 is 0. The molecule has 4 heteroatoms. The number of likely N-dealkylation sites (tertiary alicyclic amines) is 1. The summed E-state index contributed by atoms with van der Waals surface area (Å²) in [5, 5.41) is 2.97. The van der Waals surface area contributed by atoms with E-state index in [1.54, 1.807) is 0 Å². The molecule has 1 aliphatic heterocycles. The number of nitrogens with zero attached hydrogens (tertiary/aromatic N) is 1. The molecule has 0 aromatic heterocycles. The zero-order valence-corrected chi connectivity index (χ0v) is 12.3. The summed E-state index contributed by atoms with van der Waals surface area (Å²) in [5.74, 6) is 0.0549. The number of nitrogen functional groups attached to an aromatic ring is 1. The first kappa shape index (κ1) is 14.9. The molecule has 2 rings (SSSR count). The molecule has 4 nitrogen and oxygen atoms in total. The Kier molecular flexibility index (Phi) is 5.41. The molecule has 1 fully saturated rings. The Morgan fingerprint density at radius 1 is 1.20 bits per heavy atom. The number of hydrogen-bond acceptors (Lipinski definition) is 3. The van der Waals surface area contributed by atoms with Gasteiger partial charge in [-0.2, -0.15) is 0 Å². The minimum absolute atomic E-state index is 0.0549. The molecule has 1 heterocycles. The third-order valence-electron chi connectivity index (χ3n) is 3.97. The quantitative estimate of drug-likeness (QED) is 0.834. The van der Waals surface area contributed by atoms with Crippen LogP contribution < -0.4 is 11.1 Å². The van der Waals surface area contributed by atoms with Crippen molar-refractivity contribution in [1.82, 2.24) is 4.90 Å². The fourth-order valence-electron chi connectivity index (χ4n) is 2.65. The largest absolute Gasteiger partial charge is 0.398 e. The minimum Gasteiger partial charge on any atom is -0.398 e.